The van der Waals surface area contributed by atoms with E-state index in [1.54, 1.807) is 12.1 Å². The Kier molecular flexibility index (Phi) is 7.88. The van der Waals surface area contributed by atoms with Gasteiger partial charge in [0.15, 0.2) is 0 Å². The van der Waals surface area contributed by atoms with E-state index in [1.165, 1.54) is 6.92 Å². The maximum Gasteiger partial charge on any atom is 0.280 e. The van der Waals surface area contributed by atoms with Crippen LogP contribution in [-0.2, 0) is 10.0 Å². The molecule has 14 heteroatoms. The van der Waals surface area contributed by atoms with Crippen LogP contribution in [0.15, 0.2) is 53.4 Å². The third-order valence-electron chi connectivity index (χ3n) is 4.78. The molecule has 2 aromatic carbocycles. The Bertz CT molecular complexity index is 1290. The zero-order chi connectivity index (χ0) is 25.6. The lowest BCUT2D eigenvalue weighted by atomic mass is 10.1. The molecule has 35 heavy (non-hydrogen) atoms. The molecule has 184 valence electrons. The van der Waals surface area contributed by atoms with E-state index in [0.29, 0.717) is 12.3 Å². The Balaban J connectivity index is 1.61. The van der Waals surface area contributed by atoms with Gasteiger partial charge in [-0.05, 0) is 44.2 Å². The summed E-state index contributed by atoms with van der Waals surface area (Å²) in [6.07, 6.45) is 0. The van der Waals surface area contributed by atoms with Gasteiger partial charge < -0.3 is 9.47 Å². The first-order valence-corrected chi connectivity index (χ1v) is 11.7. The van der Waals surface area contributed by atoms with Crippen molar-refractivity contribution in [3.63, 3.8) is 0 Å². The van der Waals surface area contributed by atoms with Gasteiger partial charge in [0.1, 0.15) is 17.9 Å². The van der Waals surface area contributed by atoms with Gasteiger partial charge in [0.05, 0.1) is 27.0 Å². The van der Waals surface area contributed by atoms with Gasteiger partial charge in [-0.3, -0.25) is 20.2 Å². The second kappa shape index (κ2) is 10.8. The van der Waals surface area contributed by atoms with Crippen LogP contribution in [0.5, 0.6) is 11.6 Å². The van der Waals surface area contributed by atoms with Crippen LogP contribution in [0.4, 0.5) is 11.4 Å². The lowest BCUT2D eigenvalue weighted by Gasteiger charge is -2.09. The van der Waals surface area contributed by atoms with E-state index in [0.717, 1.165) is 23.4 Å². The van der Waals surface area contributed by atoms with E-state index in [9.17, 15) is 28.6 Å². The predicted molar refractivity (Wildman–Crippen MR) is 124 cm³/mol. The molecule has 0 bridgehead atoms. The van der Waals surface area contributed by atoms with Crippen LogP contribution in [0, 0.1) is 27.2 Å². The molecule has 0 fully saturated rings. The molecule has 0 saturated carbocycles. The number of hydrogen-bond donors (Lipinski definition) is 1. The molecule has 13 nitrogen and oxygen atoms in total. The van der Waals surface area contributed by atoms with Crippen molar-refractivity contribution in [1.29, 1.82) is 0 Å². The van der Waals surface area contributed by atoms with Gasteiger partial charge in [-0.15, -0.1) is 10.2 Å². The van der Waals surface area contributed by atoms with Crippen molar-refractivity contribution in [3.05, 3.63) is 74.3 Å². The van der Waals surface area contributed by atoms with E-state index in [2.05, 4.69) is 14.9 Å². The summed E-state index contributed by atoms with van der Waals surface area (Å²) in [5.74, 6) is 0.891. The summed E-state index contributed by atoms with van der Waals surface area (Å²) < 4.78 is 38.0. The molecule has 0 saturated heterocycles. The van der Waals surface area contributed by atoms with Crippen LogP contribution in [0.3, 0.4) is 0 Å². The normalized spacial score (nSPS) is 11.1. The number of nitrogens with one attached hydrogen (secondary N) is 1. The van der Waals surface area contributed by atoms with E-state index in [1.807, 2.05) is 31.2 Å². The lowest BCUT2D eigenvalue weighted by molar-refractivity contribution is -0.395. The molecular weight excluding hydrogens is 482 g/mol. The van der Waals surface area contributed by atoms with Crippen molar-refractivity contribution >= 4 is 21.4 Å². The van der Waals surface area contributed by atoms with Crippen molar-refractivity contribution in [1.82, 2.24) is 14.9 Å². The largest absolute Gasteiger partial charge is 0.494 e. The minimum Gasteiger partial charge on any atom is -0.494 e. The smallest absolute Gasteiger partial charge is 0.280 e. The molecule has 0 aliphatic rings. The molecule has 1 aromatic heterocycles. The first-order valence-electron chi connectivity index (χ1n) is 10.2. The fourth-order valence-electron chi connectivity index (χ4n) is 3.05. The van der Waals surface area contributed by atoms with Crippen molar-refractivity contribution < 1.29 is 27.7 Å². The molecule has 0 aliphatic carbocycles. The molecule has 0 amide bonds. The van der Waals surface area contributed by atoms with Crippen LogP contribution in [0.25, 0.3) is 11.3 Å². The minimum absolute atomic E-state index is 0.133. The third kappa shape index (κ3) is 6.24. The fraction of sp³-hybridized carbons (Fsp3) is 0.238. The van der Waals surface area contributed by atoms with Crippen LogP contribution >= 0.6 is 0 Å². The van der Waals surface area contributed by atoms with Crippen LogP contribution < -0.4 is 14.2 Å². The van der Waals surface area contributed by atoms with Gasteiger partial charge >= 0.3 is 0 Å². The number of ether oxygens (including phenoxy) is 2. The SMILES string of the molecule is CCOc1ccc(-c2ccc(OCCNS(=O)(=O)c3cc([N+](=O)[O-])c(C)c([N+](=O)[O-])c3)nn2)cc1. The van der Waals surface area contributed by atoms with Crippen molar-refractivity contribution in [2.24, 2.45) is 0 Å². The fourth-order valence-corrected chi connectivity index (χ4v) is 4.10. The molecular formula is C21H21N5O8S. The number of sulfonamides is 1. The Hall–Kier alpha value is -4.17. The lowest BCUT2D eigenvalue weighted by Crippen LogP contribution is -2.28. The summed E-state index contributed by atoms with van der Waals surface area (Å²) in [6.45, 7) is 3.28. The average Bonchev–Trinajstić information content (AvgIpc) is 2.82. The van der Waals surface area contributed by atoms with Gasteiger partial charge in [-0.1, -0.05) is 0 Å². The average molecular weight is 503 g/mol. The molecule has 1 heterocycles. The summed E-state index contributed by atoms with van der Waals surface area (Å²) >= 11 is 0. The Labute approximate surface area is 200 Å². The van der Waals surface area contributed by atoms with E-state index in [4.69, 9.17) is 9.47 Å². The highest BCUT2D eigenvalue weighted by molar-refractivity contribution is 7.89. The molecule has 0 spiro atoms. The Morgan fingerprint density at radius 1 is 0.943 bits per heavy atom. The first kappa shape index (κ1) is 25.5. The minimum atomic E-state index is -4.28. The van der Waals surface area contributed by atoms with E-state index >= 15 is 0 Å². The number of rotatable bonds is 11. The highest BCUT2D eigenvalue weighted by Gasteiger charge is 2.27. The standard InChI is InChI=1S/C21H21N5O8S/c1-3-33-16-6-4-15(5-7-16)18-8-9-21(24-23-18)34-11-10-22-35(31,32)17-12-19(25(27)28)14(2)20(13-17)26(29)30/h4-9,12-13,22H,3,10-11H2,1-2H3. The molecule has 0 unspecified atom stereocenters. The molecule has 0 atom stereocenters. The summed E-state index contributed by atoms with van der Waals surface area (Å²) in [6, 6.07) is 12.1. The number of nitro benzene ring substituents is 2. The van der Waals surface area contributed by atoms with Crippen molar-refractivity contribution in [3.8, 4) is 22.9 Å². The van der Waals surface area contributed by atoms with Crippen LogP contribution in [0.2, 0.25) is 0 Å². The maximum absolute atomic E-state index is 12.5. The Morgan fingerprint density at radius 2 is 1.57 bits per heavy atom. The second-order valence-corrected chi connectivity index (χ2v) is 8.83. The van der Waals surface area contributed by atoms with Crippen LogP contribution in [-0.4, -0.2) is 48.2 Å². The van der Waals surface area contributed by atoms with Gasteiger partial charge in [-0.25, -0.2) is 13.1 Å². The van der Waals surface area contributed by atoms with E-state index in [-0.39, 0.29) is 24.6 Å². The number of hydrogen-bond acceptors (Lipinski definition) is 10. The number of nitro groups is 2. The van der Waals surface area contributed by atoms with E-state index < -0.39 is 36.1 Å². The first-order chi connectivity index (χ1) is 16.6. The summed E-state index contributed by atoms with van der Waals surface area (Å²) in [7, 11) is -4.28. The quantitative estimate of drug-likeness (QED) is 0.232. The van der Waals surface area contributed by atoms with Gasteiger partial charge in [0.2, 0.25) is 15.9 Å². The molecule has 1 N–H and O–H groups in total. The summed E-state index contributed by atoms with van der Waals surface area (Å²) in [5.41, 5.74) is -0.155. The number of nitrogens with zero attached hydrogens (tertiary/aromatic N) is 4. The van der Waals surface area contributed by atoms with Gasteiger partial charge in [-0.2, -0.15) is 0 Å². The summed E-state index contributed by atoms with van der Waals surface area (Å²) in [4.78, 5) is 20.0. The molecule has 3 rings (SSSR count). The van der Waals surface area contributed by atoms with Gasteiger partial charge in [0, 0.05) is 30.3 Å². The predicted octanol–water partition coefficient (Wildman–Crippen LogP) is 3.02. The molecule has 3 aromatic rings. The Morgan fingerprint density at radius 3 is 2.09 bits per heavy atom. The van der Waals surface area contributed by atoms with Crippen molar-refractivity contribution in [2.75, 3.05) is 19.8 Å². The number of benzene rings is 2. The zero-order valence-electron chi connectivity index (χ0n) is 18.7. The number of aromatic nitrogens is 2. The zero-order valence-corrected chi connectivity index (χ0v) is 19.5. The molecule has 0 radical (unpaired) electrons. The highest BCUT2D eigenvalue weighted by atomic mass is 32.2. The monoisotopic (exact) mass is 503 g/mol. The topological polar surface area (TPSA) is 177 Å². The highest BCUT2D eigenvalue weighted by Crippen LogP contribution is 2.31. The maximum atomic E-state index is 12.5. The second-order valence-electron chi connectivity index (χ2n) is 7.06. The summed E-state index contributed by atoms with van der Waals surface area (Å²) in [5, 5.41) is 30.4. The van der Waals surface area contributed by atoms with Gasteiger partial charge in [0.25, 0.3) is 11.4 Å². The van der Waals surface area contributed by atoms with Crippen LogP contribution in [0.1, 0.15) is 12.5 Å². The van der Waals surface area contributed by atoms with Crippen molar-refractivity contribution in [2.45, 2.75) is 18.7 Å². The third-order valence-corrected chi connectivity index (χ3v) is 6.22. The molecule has 0 aliphatic heterocycles.